The Morgan fingerprint density at radius 1 is 1.00 bits per heavy atom. The van der Waals surface area contributed by atoms with Gasteiger partial charge in [0.2, 0.25) is 10.0 Å². The van der Waals surface area contributed by atoms with Crippen LogP contribution in [0.5, 0.6) is 0 Å². The third kappa shape index (κ3) is 2.44. The third-order valence-corrected chi connectivity index (χ3v) is 6.62. The second kappa shape index (κ2) is 5.37. The molecule has 2 fully saturated rings. The zero-order valence-electron chi connectivity index (χ0n) is 11.7. The van der Waals surface area contributed by atoms with Crippen molar-refractivity contribution >= 4 is 15.7 Å². The Labute approximate surface area is 121 Å². The van der Waals surface area contributed by atoms with E-state index in [4.69, 9.17) is 5.73 Å². The predicted octanol–water partition coefficient (Wildman–Crippen LogP) is 2.61. The molecule has 110 valence electrons. The summed E-state index contributed by atoms with van der Waals surface area (Å²) >= 11 is 0. The van der Waals surface area contributed by atoms with Gasteiger partial charge >= 0.3 is 0 Å². The van der Waals surface area contributed by atoms with E-state index in [-0.39, 0.29) is 6.04 Å². The molecular formula is C15H22N2O2S. The quantitative estimate of drug-likeness (QED) is 0.853. The van der Waals surface area contributed by atoms with Crippen molar-refractivity contribution in [2.45, 2.75) is 49.5 Å². The Bertz CT molecular complexity index is 566. The topological polar surface area (TPSA) is 63.4 Å². The molecule has 0 unspecified atom stereocenters. The maximum Gasteiger partial charge on any atom is 0.243 e. The largest absolute Gasteiger partial charge is 0.399 e. The number of hydrogen-bond acceptors (Lipinski definition) is 3. The van der Waals surface area contributed by atoms with Crippen LogP contribution in [0, 0.1) is 5.92 Å². The smallest absolute Gasteiger partial charge is 0.243 e. The van der Waals surface area contributed by atoms with Crippen LogP contribution in [0.25, 0.3) is 0 Å². The first-order valence-corrected chi connectivity index (χ1v) is 8.90. The van der Waals surface area contributed by atoms with Crippen molar-refractivity contribution < 1.29 is 8.42 Å². The summed E-state index contributed by atoms with van der Waals surface area (Å²) in [5.41, 5.74) is 6.24. The van der Waals surface area contributed by atoms with Gasteiger partial charge in [0.15, 0.2) is 0 Å². The van der Waals surface area contributed by atoms with Gasteiger partial charge in [0.25, 0.3) is 0 Å². The zero-order chi connectivity index (χ0) is 14.2. The molecule has 0 bridgehead atoms. The molecule has 5 heteroatoms. The van der Waals surface area contributed by atoms with Crippen molar-refractivity contribution in [2.75, 3.05) is 12.3 Å². The number of fused-ring (bicyclic) bond motifs is 1. The summed E-state index contributed by atoms with van der Waals surface area (Å²) in [5.74, 6) is 0.557. The van der Waals surface area contributed by atoms with Gasteiger partial charge < -0.3 is 5.73 Å². The molecule has 1 aliphatic heterocycles. The van der Waals surface area contributed by atoms with Crippen molar-refractivity contribution in [3.8, 4) is 0 Å². The van der Waals surface area contributed by atoms with Crippen molar-refractivity contribution in [2.24, 2.45) is 5.92 Å². The predicted molar refractivity (Wildman–Crippen MR) is 79.7 cm³/mol. The number of hydrogen-bond donors (Lipinski definition) is 1. The molecule has 0 spiro atoms. The van der Waals surface area contributed by atoms with Gasteiger partial charge in [-0.1, -0.05) is 12.8 Å². The molecule has 1 aromatic carbocycles. The van der Waals surface area contributed by atoms with E-state index in [9.17, 15) is 8.42 Å². The lowest BCUT2D eigenvalue weighted by atomic mass is 9.79. The molecule has 4 nitrogen and oxygen atoms in total. The normalized spacial score (nSPS) is 28.0. The lowest BCUT2D eigenvalue weighted by Crippen LogP contribution is -2.49. The van der Waals surface area contributed by atoms with Gasteiger partial charge in [0.05, 0.1) is 4.90 Å². The highest BCUT2D eigenvalue weighted by atomic mass is 32.2. The molecule has 1 aromatic rings. The highest BCUT2D eigenvalue weighted by Gasteiger charge is 2.39. The minimum absolute atomic E-state index is 0.208. The van der Waals surface area contributed by atoms with Crippen molar-refractivity contribution in [3.05, 3.63) is 24.3 Å². The fraction of sp³-hybridized carbons (Fsp3) is 0.600. The minimum Gasteiger partial charge on any atom is -0.399 e. The summed E-state index contributed by atoms with van der Waals surface area (Å²) in [6.45, 7) is 0.661. The van der Waals surface area contributed by atoms with Crippen LogP contribution in [-0.2, 0) is 10.0 Å². The first-order chi connectivity index (χ1) is 9.59. The molecule has 1 saturated carbocycles. The second-order valence-corrected chi connectivity index (χ2v) is 7.83. The van der Waals surface area contributed by atoms with Gasteiger partial charge in [-0.15, -0.1) is 0 Å². The average Bonchev–Trinajstić information content (AvgIpc) is 2.47. The van der Waals surface area contributed by atoms with Crippen LogP contribution in [-0.4, -0.2) is 25.3 Å². The number of piperidine rings is 1. The van der Waals surface area contributed by atoms with Crippen molar-refractivity contribution in [1.82, 2.24) is 4.31 Å². The van der Waals surface area contributed by atoms with Crippen LogP contribution in [0.2, 0.25) is 0 Å². The molecule has 1 heterocycles. The molecule has 2 atom stereocenters. The van der Waals surface area contributed by atoms with E-state index in [2.05, 4.69) is 0 Å². The Balaban J connectivity index is 1.91. The Kier molecular flexibility index (Phi) is 3.73. The number of anilines is 1. The molecule has 2 N–H and O–H groups in total. The molecule has 1 saturated heterocycles. The monoisotopic (exact) mass is 294 g/mol. The molecule has 0 radical (unpaired) electrons. The fourth-order valence-corrected chi connectivity index (χ4v) is 5.41. The van der Waals surface area contributed by atoms with Gasteiger partial charge in [0, 0.05) is 18.3 Å². The van der Waals surface area contributed by atoms with Crippen LogP contribution in [0.4, 0.5) is 5.69 Å². The van der Waals surface area contributed by atoms with Gasteiger partial charge in [-0.05, 0) is 55.9 Å². The van der Waals surface area contributed by atoms with Gasteiger partial charge in [-0.3, -0.25) is 0 Å². The van der Waals surface area contributed by atoms with Crippen LogP contribution in [0.3, 0.4) is 0 Å². The lowest BCUT2D eigenvalue weighted by molar-refractivity contribution is 0.129. The standard InChI is InChI=1S/C15H22N2O2S/c16-13-7-9-14(10-8-13)20(18,19)17-11-3-5-12-4-1-2-6-15(12)17/h7-10,12,15H,1-6,11,16H2/t12-,15+/m1/s1. The van der Waals surface area contributed by atoms with E-state index < -0.39 is 10.0 Å². The first kappa shape index (κ1) is 13.9. The summed E-state index contributed by atoms with van der Waals surface area (Å²) in [6, 6.07) is 6.78. The number of sulfonamides is 1. The number of nitrogens with zero attached hydrogens (tertiary/aromatic N) is 1. The molecule has 0 aromatic heterocycles. The van der Waals surface area contributed by atoms with E-state index >= 15 is 0 Å². The van der Waals surface area contributed by atoms with Crippen molar-refractivity contribution in [1.29, 1.82) is 0 Å². The van der Waals surface area contributed by atoms with Crippen molar-refractivity contribution in [3.63, 3.8) is 0 Å². The van der Waals surface area contributed by atoms with Gasteiger partial charge in [-0.25, -0.2) is 8.42 Å². The summed E-state index contributed by atoms with van der Waals surface area (Å²) < 4.78 is 27.4. The second-order valence-electron chi connectivity index (χ2n) is 5.94. The maximum absolute atomic E-state index is 12.8. The van der Waals surface area contributed by atoms with E-state index in [1.807, 2.05) is 0 Å². The number of nitrogen functional groups attached to an aromatic ring is 1. The number of benzene rings is 1. The van der Waals surface area contributed by atoms with Crippen LogP contribution >= 0.6 is 0 Å². The van der Waals surface area contributed by atoms with E-state index in [1.165, 1.54) is 19.3 Å². The molecule has 0 amide bonds. The Morgan fingerprint density at radius 3 is 2.40 bits per heavy atom. The average molecular weight is 294 g/mol. The minimum atomic E-state index is -3.37. The number of nitrogens with two attached hydrogens (primary N) is 1. The number of rotatable bonds is 2. The van der Waals surface area contributed by atoms with Crippen LogP contribution in [0.15, 0.2) is 29.2 Å². The van der Waals surface area contributed by atoms with Crippen LogP contribution < -0.4 is 5.73 Å². The van der Waals surface area contributed by atoms with E-state index in [0.717, 1.165) is 19.3 Å². The Morgan fingerprint density at radius 2 is 1.65 bits per heavy atom. The summed E-state index contributed by atoms with van der Waals surface area (Å²) in [6.07, 6.45) is 6.75. The maximum atomic E-state index is 12.8. The lowest BCUT2D eigenvalue weighted by Gasteiger charge is -2.43. The highest BCUT2D eigenvalue weighted by molar-refractivity contribution is 7.89. The van der Waals surface area contributed by atoms with Gasteiger partial charge in [0.1, 0.15) is 0 Å². The molecule has 20 heavy (non-hydrogen) atoms. The molecule has 2 aliphatic rings. The van der Waals surface area contributed by atoms with Crippen LogP contribution in [0.1, 0.15) is 38.5 Å². The molecule has 1 aliphatic carbocycles. The first-order valence-electron chi connectivity index (χ1n) is 7.46. The highest BCUT2D eigenvalue weighted by Crippen LogP contribution is 2.38. The summed E-state index contributed by atoms with van der Waals surface area (Å²) in [4.78, 5) is 0.373. The van der Waals surface area contributed by atoms with Gasteiger partial charge in [-0.2, -0.15) is 4.31 Å². The summed E-state index contributed by atoms with van der Waals surface area (Å²) in [7, 11) is -3.37. The third-order valence-electron chi connectivity index (χ3n) is 4.68. The SMILES string of the molecule is Nc1ccc(S(=O)(=O)N2CCC[C@H]3CCCC[C@@H]32)cc1. The molecule has 3 rings (SSSR count). The zero-order valence-corrected chi connectivity index (χ0v) is 12.5. The molecular weight excluding hydrogens is 272 g/mol. The van der Waals surface area contributed by atoms with E-state index in [1.54, 1.807) is 28.6 Å². The van der Waals surface area contributed by atoms with E-state index in [0.29, 0.717) is 23.0 Å². The fourth-order valence-electron chi connectivity index (χ4n) is 3.65. The Hall–Kier alpha value is -1.07. The summed E-state index contributed by atoms with van der Waals surface area (Å²) in [5, 5.41) is 0.